The van der Waals surface area contributed by atoms with Gasteiger partial charge >= 0.3 is 5.97 Å². The van der Waals surface area contributed by atoms with Crippen molar-refractivity contribution in [2.24, 2.45) is 0 Å². The largest absolute Gasteiger partial charge is 0.462 e. The summed E-state index contributed by atoms with van der Waals surface area (Å²) in [4.78, 5) is 15.5. The van der Waals surface area contributed by atoms with E-state index in [-0.39, 0.29) is 5.97 Å². The minimum absolute atomic E-state index is 0.361. The number of nitrogens with zero attached hydrogens (tertiary/aromatic N) is 1. The van der Waals surface area contributed by atoms with Crippen LogP contribution in [0.15, 0.2) is 48.7 Å². The third-order valence-corrected chi connectivity index (χ3v) is 2.71. The molecule has 0 aliphatic heterocycles. The maximum absolute atomic E-state index is 11.7. The number of ether oxygens (including phenoxy) is 1. The van der Waals surface area contributed by atoms with Crippen molar-refractivity contribution < 1.29 is 9.53 Å². The number of hydrogen-bond donors (Lipinski definition) is 1. The van der Waals surface area contributed by atoms with E-state index in [1.54, 1.807) is 12.1 Å². The molecule has 0 fully saturated rings. The molecule has 0 saturated heterocycles. The molecule has 1 heterocycles. The third-order valence-electron chi connectivity index (χ3n) is 2.71. The predicted molar refractivity (Wildman–Crippen MR) is 73.7 cm³/mol. The molecule has 2 N–H and O–H groups in total. The average Bonchev–Trinajstić information content (AvgIpc) is 2.45. The van der Waals surface area contributed by atoms with E-state index >= 15 is 0 Å². The smallest absolute Gasteiger partial charge is 0.339 e. The highest BCUT2D eigenvalue weighted by molar-refractivity contribution is 5.89. The van der Waals surface area contributed by atoms with E-state index in [9.17, 15) is 4.79 Å². The molecule has 0 radical (unpaired) electrons. The molecule has 1 aromatic heterocycles. The van der Waals surface area contributed by atoms with Crippen molar-refractivity contribution in [1.29, 1.82) is 0 Å². The van der Waals surface area contributed by atoms with Gasteiger partial charge in [0.2, 0.25) is 0 Å². The quantitative estimate of drug-likeness (QED) is 0.659. The lowest BCUT2D eigenvalue weighted by molar-refractivity contribution is 0.0500. The number of aryl methyl sites for hydroxylation is 1. The summed E-state index contributed by atoms with van der Waals surface area (Å²) in [5.74, 6) is 0.0289. The first-order valence-corrected chi connectivity index (χ1v) is 6.18. The highest BCUT2D eigenvalue weighted by atomic mass is 16.5. The molecule has 0 bridgehead atoms. The number of hydrogen-bond acceptors (Lipinski definition) is 4. The van der Waals surface area contributed by atoms with Gasteiger partial charge < -0.3 is 10.5 Å². The molecule has 19 heavy (non-hydrogen) atoms. The van der Waals surface area contributed by atoms with Gasteiger partial charge in [-0.1, -0.05) is 30.3 Å². The highest BCUT2D eigenvalue weighted by Crippen LogP contribution is 2.05. The lowest BCUT2D eigenvalue weighted by Crippen LogP contribution is -2.07. The summed E-state index contributed by atoms with van der Waals surface area (Å²) in [5.41, 5.74) is 7.12. The summed E-state index contributed by atoms with van der Waals surface area (Å²) < 4.78 is 5.17. The molecule has 4 heteroatoms. The van der Waals surface area contributed by atoms with Crippen molar-refractivity contribution in [1.82, 2.24) is 4.98 Å². The second kappa shape index (κ2) is 6.54. The Kier molecular flexibility index (Phi) is 4.50. The zero-order valence-corrected chi connectivity index (χ0v) is 10.6. The molecule has 0 saturated carbocycles. The number of carbonyl (C=O) groups is 1. The summed E-state index contributed by atoms with van der Waals surface area (Å²) in [6.45, 7) is 0.401. The van der Waals surface area contributed by atoms with Gasteiger partial charge in [-0.25, -0.2) is 9.78 Å². The Morgan fingerprint density at radius 2 is 1.95 bits per heavy atom. The molecular formula is C15H16N2O2. The van der Waals surface area contributed by atoms with Crippen LogP contribution in [0.3, 0.4) is 0 Å². The maximum Gasteiger partial charge on any atom is 0.339 e. The van der Waals surface area contributed by atoms with Crippen molar-refractivity contribution >= 4 is 11.8 Å². The zero-order chi connectivity index (χ0) is 13.5. The van der Waals surface area contributed by atoms with Gasteiger partial charge in [-0.05, 0) is 30.5 Å². The van der Waals surface area contributed by atoms with Crippen molar-refractivity contribution in [3.8, 4) is 0 Å². The molecule has 0 unspecified atom stereocenters. The highest BCUT2D eigenvalue weighted by Gasteiger charge is 2.06. The first-order valence-electron chi connectivity index (χ1n) is 6.18. The molecule has 4 nitrogen and oxygen atoms in total. The lowest BCUT2D eigenvalue weighted by Gasteiger charge is -2.05. The van der Waals surface area contributed by atoms with Gasteiger partial charge in [0.1, 0.15) is 5.82 Å². The number of pyridine rings is 1. The summed E-state index contributed by atoms with van der Waals surface area (Å²) in [6, 6.07) is 13.3. The number of aromatic nitrogens is 1. The summed E-state index contributed by atoms with van der Waals surface area (Å²) in [5, 5.41) is 0. The monoisotopic (exact) mass is 256 g/mol. The Balaban J connectivity index is 1.74. The summed E-state index contributed by atoms with van der Waals surface area (Å²) >= 11 is 0. The number of benzene rings is 1. The summed E-state index contributed by atoms with van der Waals surface area (Å²) in [6.07, 6.45) is 3.13. The fraction of sp³-hybridized carbons (Fsp3) is 0.200. The van der Waals surface area contributed by atoms with Gasteiger partial charge in [0.05, 0.1) is 12.2 Å². The van der Waals surface area contributed by atoms with E-state index < -0.39 is 0 Å². The van der Waals surface area contributed by atoms with Crippen LogP contribution in [0.1, 0.15) is 22.3 Å². The molecule has 0 atom stereocenters. The normalized spacial score (nSPS) is 10.1. The Bertz CT molecular complexity index is 524. The van der Waals surface area contributed by atoms with Crippen LogP contribution in [-0.2, 0) is 11.2 Å². The van der Waals surface area contributed by atoms with Crippen LogP contribution in [0.25, 0.3) is 0 Å². The predicted octanol–water partition coefficient (Wildman–Crippen LogP) is 2.45. The van der Waals surface area contributed by atoms with E-state index in [1.807, 2.05) is 18.2 Å². The van der Waals surface area contributed by atoms with Gasteiger partial charge in [0, 0.05) is 6.20 Å². The number of esters is 1. The maximum atomic E-state index is 11.7. The number of rotatable bonds is 5. The number of anilines is 1. The Morgan fingerprint density at radius 1 is 1.16 bits per heavy atom. The number of nitrogens with two attached hydrogens (primary N) is 1. The molecule has 2 aromatic rings. The Morgan fingerprint density at radius 3 is 2.63 bits per heavy atom. The van der Waals surface area contributed by atoms with Crippen LogP contribution in [0.5, 0.6) is 0 Å². The third kappa shape index (κ3) is 4.10. The molecule has 0 spiro atoms. The van der Waals surface area contributed by atoms with E-state index in [2.05, 4.69) is 17.1 Å². The molecule has 98 valence electrons. The van der Waals surface area contributed by atoms with Gasteiger partial charge in [-0.2, -0.15) is 0 Å². The number of nitrogen functional groups attached to an aromatic ring is 1. The molecule has 0 aliphatic carbocycles. The van der Waals surface area contributed by atoms with Crippen LogP contribution in [0, 0.1) is 0 Å². The SMILES string of the molecule is Nc1ccc(C(=O)OCCCc2ccccc2)cn1. The van der Waals surface area contributed by atoms with Gasteiger partial charge in [-0.3, -0.25) is 0 Å². The minimum Gasteiger partial charge on any atom is -0.462 e. The van der Waals surface area contributed by atoms with Crippen molar-refractivity contribution in [3.63, 3.8) is 0 Å². The van der Waals surface area contributed by atoms with E-state index in [0.29, 0.717) is 18.0 Å². The minimum atomic E-state index is -0.361. The molecule has 0 aliphatic rings. The molecule has 0 amide bonds. The van der Waals surface area contributed by atoms with Gasteiger partial charge in [0.25, 0.3) is 0 Å². The van der Waals surface area contributed by atoms with E-state index in [1.165, 1.54) is 11.8 Å². The van der Waals surface area contributed by atoms with Crippen LogP contribution in [0.4, 0.5) is 5.82 Å². The van der Waals surface area contributed by atoms with Gasteiger partial charge in [-0.15, -0.1) is 0 Å². The average molecular weight is 256 g/mol. The number of carbonyl (C=O) groups excluding carboxylic acids is 1. The van der Waals surface area contributed by atoms with Crippen LogP contribution < -0.4 is 5.73 Å². The van der Waals surface area contributed by atoms with Gasteiger partial charge in [0.15, 0.2) is 0 Å². The lowest BCUT2D eigenvalue weighted by atomic mass is 10.1. The van der Waals surface area contributed by atoms with Crippen LogP contribution in [0.2, 0.25) is 0 Å². The fourth-order valence-corrected chi connectivity index (χ4v) is 1.70. The molecule has 1 aromatic carbocycles. The van der Waals surface area contributed by atoms with Crippen LogP contribution in [-0.4, -0.2) is 17.6 Å². The zero-order valence-electron chi connectivity index (χ0n) is 10.6. The summed E-state index contributed by atoms with van der Waals surface area (Å²) in [7, 11) is 0. The molecular weight excluding hydrogens is 240 g/mol. The van der Waals surface area contributed by atoms with Crippen LogP contribution >= 0.6 is 0 Å². The first kappa shape index (κ1) is 13.1. The second-order valence-corrected chi connectivity index (χ2v) is 4.20. The van der Waals surface area contributed by atoms with E-state index in [4.69, 9.17) is 10.5 Å². The Labute approximate surface area is 112 Å². The Hall–Kier alpha value is -2.36. The topological polar surface area (TPSA) is 65.2 Å². The van der Waals surface area contributed by atoms with Crippen molar-refractivity contribution in [3.05, 3.63) is 59.8 Å². The first-order chi connectivity index (χ1) is 9.25. The van der Waals surface area contributed by atoms with Crippen molar-refractivity contribution in [2.45, 2.75) is 12.8 Å². The molecule has 2 rings (SSSR count). The van der Waals surface area contributed by atoms with Crippen molar-refractivity contribution in [2.75, 3.05) is 12.3 Å². The standard InChI is InChI=1S/C15H16N2O2/c16-14-9-8-13(11-17-14)15(18)19-10-4-7-12-5-2-1-3-6-12/h1-3,5-6,8-9,11H,4,7,10H2,(H2,16,17). The second-order valence-electron chi connectivity index (χ2n) is 4.20. The fourth-order valence-electron chi connectivity index (χ4n) is 1.70. The van der Waals surface area contributed by atoms with E-state index in [0.717, 1.165) is 12.8 Å².